The monoisotopic (exact) mass is 270 g/mol. The van der Waals surface area contributed by atoms with Crippen molar-refractivity contribution in [1.29, 1.82) is 0 Å². The summed E-state index contributed by atoms with van der Waals surface area (Å²) in [6.07, 6.45) is 0. The molecule has 0 amide bonds. The van der Waals surface area contributed by atoms with Crippen LogP contribution in [0.3, 0.4) is 0 Å². The van der Waals surface area contributed by atoms with E-state index in [1.165, 1.54) is 12.1 Å². The van der Waals surface area contributed by atoms with Gasteiger partial charge in [-0.2, -0.15) is 4.98 Å². The molecule has 0 spiro atoms. The summed E-state index contributed by atoms with van der Waals surface area (Å²) < 4.78 is 32.9. The average Bonchev–Trinajstić information content (AvgIpc) is 2.46. The van der Waals surface area contributed by atoms with E-state index in [0.717, 1.165) is 4.70 Å². The smallest absolute Gasteiger partial charge is 0.744 e. The summed E-state index contributed by atoms with van der Waals surface area (Å²) in [5.41, 5.74) is 2.13. The van der Waals surface area contributed by atoms with Gasteiger partial charge >= 0.3 is 29.6 Å². The number of nitrogens with zero attached hydrogens (tertiary/aromatic N) is 1. The predicted molar refractivity (Wildman–Crippen MR) is 56.6 cm³/mol. The maximum Gasteiger partial charge on any atom is 1.00 e. The molecule has 0 aliphatic carbocycles. The first-order valence-electron chi connectivity index (χ1n) is 3.55. The Labute approximate surface area is 117 Å². The van der Waals surface area contributed by atoms with Crippen molar-refractivity contribution in [3.63, 3.8) is 0 Å². The summed E-state index contributed by atoms with van der Waals surface area (Å²) in [4.78, 5) is 3.71. The Morgan fingerprint density at radius 1 is 1.40 bits per heavy atom. The van der Waals surface area contributed by atoms with Crippen LogP contribution in [0, 0.1) is 0 Å². The minimum atomic E-state index is -4.39. The van der Waals surface area contributed by atoms with Crippen molar-refractivity contribution >= 4 is 41.5 Å². The molecular weight excluding hydrogens is 265 g/mol. The number of thiol groups is 1. The van der Waals surface area contributed by atoms with E-state index in [0.29, 0.717) is 5.52 Å². The Morgan fingerprint density at radius 2 is 2.07 bits per heavy atom. The van der Waals surface area contributed by atoms with Crippen LogP contribution in [-0.4, -0.2) is 18.0 Å². The predicted octanol–water partition coefficient (Wildman–Crippen LogP) is -1.42. The molecule has 0 N–H and O–H groups in total. The second-order valence-electron chi connectivity index (χ2n) is 2.63. The van der Waals surface area contributed by atoms with E-state index in [1.54, 1.807) is 11.6 Å². The standard InChI is InChI=1S/C7H5NO3S3.Na/c9-14(10,11)5-1-2-7-6(3-5)8-4-13(7)12;/h1-4,12H;/q;+1. The molecule has 1 atom stereocenters. The van der Waals surface area contributed by atoms with Gasteiger partial charge < -0.3 is 4.55 Å². The van der Waals surface area contributed by atoms with Gasteiger partial charge in [-0.15, -0.1) is 0 Å². The zero-order chi connectivity index (χ0) is 10.3. The first-order valence-corrected chi connectivity index (χ1v) is 7.29. The van der Waals surface area contributed by atoms with E-state index in [2.05, 4.69) is 16.6 Å². The summed E-state index contributed by atoms with van der Waals surface area (Å²) >= 11 is 4.23. The van der Waals surface area contributed by atoms with E-state index in [-0.39, 0.29) is 44.0 Å². The van der Waals surface area contributed by atoms with Gasteiger partial charge in [0.15, 0.2) is 0 Å². The van der Waals surface area contributed by atoms with E-state index >= 15 is 0 Å². The molecule has 0 aliphatic rings. The van der Waals surface area contributed by atoms with Crippen molar-refractivity contribution < 1.29 is 42.5 Å². The number of benzene rings is 1. The van der Waals surface area contributed by atoms with Crippen molar-refractivity contribution in [3.8, 4) is 0 Å². The molecule has 0 bridgehead atoms. The Balaban J connectivity index is 0.00000112. The second-order valence-corrected chi connectivity index (χ2v) is 6.47. The fraction of sp³-hybridized carbons (Fsp3) is 0. The Hall–Kier alpha value is 0.370. The summed E-state index contributed by atoms with van der Waals surface area (Å²) in [6, 6.07) is 4.13. The molecular formula is C7H5NNaO3S3+. The minimum Gasteiger partial charge on any atom is -0.744 e. The van der Waals surface area contributed by atoms with Crippen LogP contribution in [0.5, 0.6) is 0 Å². The fourth-order valence-corrected chi connectivity index (χ4v) is 3.05. The largest absolute Gasteiger partial charge is 1.00 e. The topological polar surface area (TPSA) is 70.1 Å². The molecule has 1 unspecified atom stereocenters. The van der Waals surface area contributed by atoms with Gasteiger partial charge in [-0.3, -0.25) is 0 Å². The van der Waals surface area contributed by atoms with Crippen LogP contribution in [0.25, 0.3) is 10.2 Å². The van der Waals surface area contributed by atoms with Crippen LogP contribution in [0.1, 0.15) is 0 Å². The average molecular weight is 270 g/mol. The summed E-state index contributed by atoms with van der Waals surface area (Å²) in [5.74, 6) is 0. The van der Waals surface area contributed by atoms with Crippen molar-refractivity contribution in [2.75, 3.05) is 0 Å². The Morgan fingerprint density at radius 3 is 2.67 bits per heavy atom. The number of thiazole rings is 1. The molecule has 0 saturated heterocycles. The number of rotatable bonds is 1. The van der Waals surface area contributed by atoms with Gasteiger partial charge in [0.2, 0.25) is 10.2 Å². The molecule has 15 heavy (non-hydrogen) atoms. The van der Waals surface area contributed by atoms with Gasteiger partial charge in [-0.25, -0.2) is 8.42 Å². The van der Waals surface area contributed by atoms with Crippen LogP contribution in [-0.2, 0) is 10.1 Å². The number of hydrogen-bond acceptors (Lipinski definition) is 5. The minimum absolute atomic E-state index is 0. The summed E-state index contributed by atoms with van der Waals surface area (Å²) in [7, 11) is -4.76. The van der Waals surface area contributed by atoms with Crippen molar-refractivity contribution in [2.24, 2.45) is 0 Å². The molecule has 1 aromatic heterocycles. The van der Waals surface area contributed by atoms with E-state index in [9.17, 15) is 13.0 Å². The first-order chi connectivity index (χ1) is 6.48. The van der Waals surface area contributed by atoms with Crippen LogP contribution < -0.4 is 29.6 Å². The first kappa shape index (κ1) is 13.4. The molecule has 74 valence electrons. The van der Waals surface area contributed by atoms with Crippen LogP contribution in [0.2, 0.25) is 0 Å². The van der Waals surface area contributed by atoms with Crippen LogP contribution in [0.15, 0.2) is 28.6 Å². The molecule has 0 fully saturated rings. The quantitative estimate of drug-likeness (QED) is 0.227. The number of hydrogen-bond donors (Lipinski definition) is 1. The molecule has 0 radical (unpaired) electrons. The normalized spacial score (nSPS) is 12.5. The molecule has 2 rings (SSSR count). The molecule has 0 saturated carbocycles. The number of fused-ring (bicyclic) bond motifs is 1. The summed E-state index contributed by atoms with van der Waals surface area (Å²) in [5, 5.41) is 0. The zero-order valence-corrected chi connectivity index (χ0v) is 12.3. The third-order valence-electron chi connectivity index (χ3n) is 1.74. The van der Waals surface area contributed by atoms with E-state index in [1.807, 2.05) is 0 Å². The molecule has 8 heteroatoms. The Bertz CT molecular complexity index is 593. The van der Waals surface area contributed by atoms with Crippen molar-refractivity contribution in [1.82, 2.24) is 4.98 Å². The van der Waals surface area contributed by atoms with Gasteiger partial charge in [0.05, 0.1) is 14.4 Å². The van der Waals surface area contributed by atoms with Gasteiger partial charge in [0.1, 0.15) is 27.3 Å². The maximum atomic E-state index is 10.7. The van der Waals surface area contributed by atoms with Gasteiger partial charge in [0, 0.05) is 6.07 Å². The zero-order valence-electron chi connectivity index (χ0n) is 7.75. The molecule has 4 nitrogen and oxygen atoms in total. The second kappa shape index (κ2) is 4.70. The van der Waals surface area contributed by atoms with Crippen LogP contribution >= 0.6 is 21.2 Å². The molecule has 2 aromatic rings. The fourth-order valence-electron chi connectivity index (χ4n) is 1.09. The third kappa shape index (κ3) is 2.73. The van der Waals surface area contributed by atoms with Gasteiger partial charge in [-0.05, 0) is 12.1 Å². The SMILES string of the molecule is O=S(=O)([O-])c1ccc2c(c1)nc[s+]2S.[Na+]. The van der Waals surface area contributed by atoms with Crippen molar-refractivity contribution in [3.05, 3.63) is 23.7 Å². The van der Waals surface area contributed by atoms with Crippen LogP contribution in [0.4, 0.5) is 0 Å². The Kier molecular flexibility index (Phi) is 4.21. The van der Waals surface area contributed by atoms with Gasteiger partial charge in [0.25, 0.3) is 0 Å². The summed E-state index contributed by atoms with van der Waals surface area (Å²) in [6.45, 7) is 0. The number of aromatic nitrogens is 1. The van der Waals surface area contributed by atoms with E-state index < -0.39 is 10.1 Å². The molecule has 0 aliphatic heterocycles. The van der Waals surface area contributed by atoms with Crippen molar-refractivity contribution in [2.45, 2.75) is 4.90 Å². The molecule has 1 aromatic carbocycles. The van der Waals surface area contributed by atoms with E-state index in [4.69, 9.17) is 0 Å². The maximum absolute atomic E-state index is 10.7. The third-order valence-corrected chi connectivity index (χ3v) is 4.54. The molecule has 1 heterocycles. The van der Waals surface area contributed by atoms with Gasteiger partial charge in [-0.1, -0.05) is 0 Å².